The molecule has 0 aliphatic carbocycles. The van der Waals surface area contributed by atoms with Crippen molar-refractivity contribution in [3.05, 3.63) is 82.9 Å². The van der Waals surface area contributed by atoms with Gasteiger partial charge in [-0.05, 0) is 31.5 Å². The van der Waals surface area contributed by atoms with Gasteiger partial charge in [0.2, 0.25) is 0 Å². The van der Waals surface area contributed by atoms with Crippen molar-refractivity contribution in [2.24, 2.45) is 0 Å². The summed E-state index contributed by atoms with van der Waals surface area (Å²) in [5.74, 6) is -0.464. The van der Waals surface area contributed by atoms with Gasteiger partial charge in [-0.2, -0.15) is 0 Å². The molecule has 1 amide bonds. The van der Waals surface area contributed by atoms with Gasteiger partial charge >= 0.3 is 0 Å². The van der Waals surface area contributed by atoms with E-state index in [0.29, 0.717) is 22.3 Å². The summed E-state index contributed by atoms with van der Waals surface area (Å²) in [4.78, 5) is 55.0. The molecule has 0 radical (unpaired) electrons. The lowest BCUT2D eigenvalue weighted by atomic mass is 10.0. The van der Waals surface area contributed by atoms with Gasteiger partial charge in [-0.25, -0.2) is 4.98 Å². The van der Waals surface area contributed by atoms with Gasteiger partial charge in [0.1, 0.15) is 5.82 Å². The molecule has 3 rings (SSSR count). The SMILES string of the molecule is CCCN(Cc1nc2cc(Cl)ccc2c(=O)[nH]1)C(=O)c1cc([N+](=O)[O-])cc([N+](=O)[O-])c1C. The number of benzene rings is 2. The molecule has 0 unspecified atom stereocenters. The molecule has 32 heavy (non-hydrogen) atoms. The number of nitrogens with one attached hydrogen (secondary N) is 1. The number of fused-ring (bicyclic) bond motifs is 1. The molecular formula is C20H18ClN5O6. The van der Waals surface area contributed by atoms with Gasteiger partial charge in [-0.3, -0.25) is 29.8 Å². The van der Waals surface area contributed by atoms with E-state index in [-0.39, 0.29) is 30.0 Å². The topological polar surface area (TPSA) is 152 Å². The second kappa shape index (κ2) is 9.10. The van der Waals surface area contributed by atoms with Crippen molar-refractivity contribution in [3.63, 3.8) is 0 Å². The number of carbonyl (C=O) groups is 1. The molecule has 0 aliphatic heterocycles. The van der Waals surface area contributed by atoms with Gasteiger partial charge in [0.15, 0.2) is 0 Å². The predicted octanol–water partition coefficient (Wildman–Crippen LogP) is 3.75. The van der Waals surface area contributed by atoms with Crippen LogP contribution in [0.15, 0.2) is 35.1 Å². The summed E-state index contributed by atoms with van der Waals surface area (Å²) >= 11 is 5.98. The summed E-state index contributed by atoms with van der Waals surface area (Å²) in [6.45, 7) is 3.29. The third kappa shape index (κ3) is 4.57. The van der Waals surface area contributed by atoms with Gasteiger partial charge in [0.25, 0.3) is 22.8 Å². The highest BCUT2D eigenvalue weighted by atomic mass is 35.5. The maximum absolute atomic E-state index is 13.3. The molecule has 1 heterocycles. The zero-order chi connectivity index (χ0) is 23.6. The smallest absolute Gasteiger partial charge is 0.279 e. The lowest BCUT2D eigenvalue weighted by molar-refractivity contribution is -0.394. The van der Waals surface area contributed by atoms with Crippen LogP contribution >= 0.6 is 11.6 Å². The van der Waals surface area contributed by atoms with Crippen LogP contribution in [0.25, 0.3) is 10.9 Å². The Kier molecular flexibility index (Phi) is 6.49. The molecule has 11 nitrogen and oxygen atoms in total. The number of H-pyrrole nitrogens is 1. The average Bonchev–Trinajstić information content (AvgIpc) is 2.72. The Hall–Kier alpha value is -3.86. The first-order valence-electron chi connectivity index (χ1n) is 9.53. The highest BCUT2D eigenvalue weighted by Crippen LogP contribution is 2.29. The third-order valence-electron chi connectivity index (χ3n) is 4.84. The monoisotopic (exact) mass is 459 g/mol. The molecular weight excluding hydrogens is 442 g/mol. The van der Waals surface area contributed by atoms with E-state index in [4.69, 9.17) is 11.6 Å². The second-order valence-corrected chi connectivity index (χ2v) is 7.49. The predicted molar refractivity (Wildman–Crippen MR) is 117 cm³/mol. The first-order chi connectivity index (χ1) is 15.1. The van der Waals surface area contributed by atoms with Gasteiger partial charge in [0, 0.05) is 23.2 Å². The van der Waals surface area contributed by atoms with Crippen LogP contribution < -0.4 is 5.56 Å². The standard InChI is InChI=1S/C20H18ClN5O6/c1-3-6-24(10-18-22-16-7-12(21)4-5-14(16)19(27)23-18)20(28)15-8-13(25(29)30)9-17(11(15)2)26(31)32/h4-5,7-9H,3,6,10H2,1-2H3,(H,22,23,27). The van der Waals surface area contributed by atoms with Gasteiger partial charge < -0.3 is 9.88 Å². The molecule has 0 saturated heterocycles. The second-order valence-electron chi connectivity index (χ2n) is 7.05. The number of nitro groups is 2. The number of carbonyl (C=O) groups excluding carboxylic acids is 1. The number of hydrogen-bond donors (Lipinski definition) is 1. The number of aromatic amines is 1. The summed E-state index contributed by atoms with van der Waals surface area (Å²) in [7, 11) is 0. The first kappa shape index (κ1) is 22.8. The summed E-state index contributed by atoms with van der Waals surface area (Å²) < 4.78 is 0. The van der Waals surface area contributed by atoms with E-state index < -0.39 is 32.7 Å². The van der Waals surface area contributed by atoms with E-state index in [0.717, 1.165) is 12.1 Å². The Morgan fingerprint density at radius 2 is 1.91 bits per heavy atom. The van der Waals surface area contributed by atoms with Crippen molar-refractivity contribution in [1.82, 2.24) is 14.9 Å². The molecule has 166 valence electrons. The molecule has 3 aromatic rings. The zero-order valence-corrected chi connectivity index (χ0v) is 17.9. The number of hydrogen-bond acceptors (Lipinski definition) is 7. The average molecular weight is 460 g/mol. The lowest BCUT2D eigenvalue weighted by Crippen LogP contribution is -2.33. The Balaban J connectivity index is 2.05. The molecule has 0 saturated carbocycles. The Morgan fingerprint density at radius 3 is 2.53 bits per heavy atom. The number of halogens is 1. The minimum absolute atomic E-state index is 0.0125. The summed E-state index contributed by atoms with van der Waals surface area (Å²) in [5, 5.41) is 23.3. The van der Waals surface area contributed by atoms with Crippen molar-refractivity contribution in [2.45, 2.75) is 26.8 Å². The van der Waals surface area contributed by atoms with E-state index in [1.54, 1.807) is 6.07 Å². The van der Waals surface area contributed by atoms with Crippen LogP contribution in [0.4, 0.5) is 11.4 Å². The number of amides is 1. The molecule has 1 N–H and O–H groups in total. The van der Waals surface area contributed by atoms with E-state index >= 15 is 0 Å². The fourth-order valence-electron chi connectivity index (χ4n) is 3.31. The van der Waals surface area contributed by atoms with Crippen LogP contribution in [0, 0.1) is 27.2 Å². The van der Waals surface area contributed by atoms with E-state index in [1.165, 1.54) is 24.0 Å². The fourth-order valence-corrected chi connectivity index (χ4v) is 3.48. The molecule has 0 aliphatic rings. The van der Waals surface area contributed by atoms with E-state index in [1.807, 2.05) is 6.92 Å². The molecule has 12 heteroatoms. The van der Waals surface area contributed by atoms with Crippen LogP contribution in [0.1, 0.15) is 35.1 Å². The number of non-ortho nitro benzene ring substituents is 1. The Morgan fingerprint density at radius 1 is 1.19 bits per heavy atom. The van der Waals surface area contributed by atoms with Crippen LogP contribution in [0.2, 0.25) is 5.02 Å². The highest BCUT2D eigenvalue weighted by molar-refractivity contribution is 6.31. The minimum atomic E-state index is -0.792. The van der Waals surface area contributed by atoms with Gasteiger partial charge in [-0.15, -0.1) is 0 Å². The van der Waals surface area contributed by atoms with Crippen LogP contribution in [0.3, 0.4) is 0 Å². The Bertz CT molecular complexity index is 1310. The molecule has 0 fully saturated rings. The number of aromatic nitrogens is 2. The summed E-state index contributed by atoms with van der Waals surface area (Å²) in [5.41, 5.74) is -1.29. The fraction of sp³-hybridized carbons (Fsp3) is 0.250. The third-order valence-corrected chi connectivity index (χ3v) is 5.08. The Labute approximate surface area is 185 Å². The normalized spacial score (nSPS) is 10.8. The van der Waals surface area contributed by atoms with Crippen molar-refractivity contribution in [1.29, 1.82) is 0 Å². The maximum atomic E-state index is 13.3. The number of rotatable bonds is 7. The largest absolute Gasteiger partial charge is 0.331 e. The number of nitro benzene ring substituents is 2. The van der Waals surface area contributed by atoms with E-state index in [9.17, 15) is 29.8 Å². The molecule has 0 bridgehead atoms. The van der Waals surface area contributed by atoms with E-state index in [2.05, 4.69) is 9.97 Å². The first-order valence-corrected chi connectivity index (χ1v) is 9.91. The summed E-state index contributed by atoms with van der Waals surface area (Å²) in [6, 6.07) is 6.46. The zero-order valence-electron chi connectivity index (χ0n) is 17.1. The molecule has 0 spiro atoms. The van der Waals surface area contributed by atoms with Crippen molar-refractivity contribution >= 4 is 39.8 Å². The van der Waals surface area contributed by atoms with Crippen molar-refractivity contribution < 1.29 is 14.6 Å². The van der Waals surface area contributed by atoms with Crippen molar-refractivity contribution in [2.75, 3.05) is 6.54 Å². The quantitative estimate of drug-likeness (QED) is 0.417. The summed E-state index contributed by atoms with van der Waals surface area (Å²) in [6.07, 6.45) is 0.533. The van der Waals surface area contributed by atoms with Gasteiger partial charge in [0.05, 0.1) is 38.9 Å². The number of nitrogens with zero attached hydrogens (tertiary/aromatic N) is 4. The van der Waals surface area contributed by atoms with Gasteiger partial charge in [-0.1, -0.05) is 18.5 Å². The molecule has 2 aromatic carbocycles. The molecule has 1 aromatic heterocycles. The van der Waals surface area contributed by atoms with Crippen LogP contribution in [0.5, 0.6) is 0 Å². The lowest BCUT2D eigenvalue weighted by Gasteiger charge is -2.22. The van der Waals surface area contributed by atoms with Crippen molar-refractivity contribution in [3.8, 4) is 0 Å². The molecule has 0 atom stereocenters. The minimum Gasteiger partial charge on any atom is -0.331 e. The van der Waals surface area contributed by atoms with Crippen LogP contribution in [-0.2, 0) is 6.54 Å². The maximum Gasteiger partial charge on any atom is 0.279 e. The van der Waals surface area contributed by atoms with Crippen LogP contribution in [-0.4, -0.2) is 37.2 Å². The highest BCUT2D eigenvalue weighted by Gasteiger charge is 2.27.